The van der Waals surface area contributed by atoms with Crippen molar-refractivity contribution in [2.45, 2.75) is 45.2 Å². The van der Waals surface area contributed by atoms with Crippen molar-refractivity contribution in [1.82, 2.24) is 9.62 Å². The lowest BCUT2D eigenvalue weighted by Gasteiger charge is -2.28. The van der Waals surface area contributed by atoms with Crippen LogP contribution in [0.15, 0.2) is 30.3 Å². The maximum atomic E-state index is 12.6. The third-order valence-corrected chi connectivity index (χ3v) is 5.99. The molecule has 1 aromatic rings. The Kier molecular flexibility index (Phi) is 5.79. The molecule has 0 radical (unpaired) electrons. The Morgan fingerprint density at radius 3 is 2.57 bits per heavy atom. The van der Waals surface area contributed by atoms with Gasteiger partial charge >= 0.3 is 0 Å². The van der Waals surface area contributed by atoms with E-state index in [2.05, 4.69) is 5.32 Å². The van der Waals surface area contributed by atoms with Gasteiger partial charge in [0.2, 0.25) is 10.0 Å². The fourth-order valence-corrected chi connectivity index (χ4v) is 4.56. The molecule has 0 aromatic heterocycles. The fourth-order valence-electron chi connectivity index (χ4n) is 2.78. The van der Waals surface area contributed by atoms with Crippen LogP contribution in [0.25, 0.3) is 0 Å². The van der Waals surface area contributed by atoms with E-state index < -0.39 is 10.0 Å². The Morgan fingerprint density at radius 2 is 2.00 bits per heavy atom. The van der Waals surface area contributed by atoms with Crippen LogP contribution in [0.3, 0.4) is 0 Å². The van der Waals surface area contributed by atoms with Crippen molar-refractivity contribution in [3.63, 3.8) is 0 Å². The monoisotopic (exact) mass is 310 g/mol. The molecule has 1 saturated heterocycles. The summed E-state index contributed by atoms with van der Waals surface area (Å²) in [5.74, 6) is 0.182. The van der Waals surface area contributed by atoms with Crippen LogP contribution in [0.5, 0.6) is 0 Å². The molecule has 0 spiro atoms. The quantitative estimate of drug-likeness (QED) is 0.838. The molecule has 1 N–H and O–H groups in total. The summed E-state index contributed by atoms with van der Waals surface area (Å²) in [5, 5.41) is 3.38. The van der Waals surface area contributed by atoms with E-state index in [0.29, 0.717) is 19.0 Å². The van der Waals surface area contributed by atoms with E-state index in [-0.39, 0.29) is 11.8 Å². The zero-order valence-electron chi connectivity index (χ0n) is 13.0. The Bertz CT molecular complexity index is 522. The molecule has 1 aliphatic heterocycles. The molecule has 21 heavy (non-hydrogen) atoms. The van der Waals surface area contributed by atoms with E-state index in [1.54, 1.807) is 4.31 Å². The van der Waals surface area contributed by atoms with Crippen molar-refractivity contribution in [2.24, 2.45) is 0 Å². The Labute approximate surface area is 128 Å². The minimum atomic E-state index is -3.21. The summed E-state index contributed by atoms with van der Waals surface area (Å²) in [4.78, 5) is 0. The van der Waals surface area contributed by atoms with E-state index in [0.717, 1.165) is 24.9 Å². The minimum Gasteiger partial charge on any atom is -0.313 e. The molecule has 4 nitrogen and oxygen atoms in total. The van der Waals surface area contributed by atoms with Crippen molar-refractivity contribution < 1.29 is 8.42 Å². The molecule has 2 rings (SSSR count). The first-order valence-electron chi connectivity index (χ1n) is 7.76. The van der Waals surface area contributed by atoms with Gasteiger partial charge in [-0.25, -0.2) is 8.42 Å². The average Bonchev–Trinajstić information content (AvgIpc) is 2.96. The molecule has 0 aliphatic carbocycles. The van der Waals surface area contributed by atoms with Gasteiger partial charge in [-0.05, 0) is 45.2 Å². The highest BCUT2D eigenvalue weighted by Gasteiger charge is 2.28. The Balaban J connectivity index is 1.99. The number of sulfonamides is 1. The van der Waals surface area contributed by atoms with Crippen LogP contribution in [-0.4, -0.2) is 43.6 Å². The van der Waals surface area contributed by atoms with Crippen molar-refractivity contribution in [2.75, 3.05) is 18.8 Å². The third kappa shape index (κ3) is 4.80. The predicted molar refractivity (Wildman–Crippen MR) is 86.8 cm³/mol. The molecule has 1 atom stereocenters. The molecule has 0 saturated carbocycles. The Hall–Kier alpha value is -0.910. The summed E-state index contributed by atoms with van der Waals surface area (Å²) in [6.45, 7) is 5.50. The van der Waals surface area contributed by atoms with Crippen molar-refractivity contribution in [1.29, 1.82) is 0 Å². The van der Waals surface area contributed by atoms with Crippen LogP contribution in [0.4, 0.5) is 0 Å². The number of rotatable bonds is 7. The van der Waals surface area contributed by atoms with Crippen molar-refractivity contribution in [3.05, 3.63) is 35.9 Å². The first-order valence-corrected chi connectivity index (χ1v) is 9.37. The van der Waals surface area contributed by atoms with Crippen LogP contribution in [-0.2, 0) is 16.4 Å². The van der Waals surface area contributed by atoms with E-state index in [1.807, 2.05) is 44.2 Å². The van der Waals surface area contributed by atoms with Gasteiger partial charge in [-0.15, -0.1) is 0 Å². The van der Waals surface area contributed by atoms with Crippen LogP contribution in [0.2, 0.25) is 0 Å². The second-order valence-electron chi connectivity index (χ2n) is 6.01. The lowest BCUT2D eigenvalue weighted by molar-refractivity contribution is 0.322. The molecule has 1 unspecified atom stereocenters. The van der Waals surface area contributed by atoms with Crippen LogP contribution in [0, 0.1) is 0 Å². The number of hydrogen-bond acceptors (Lipinski definition) is 3. The van der Waals surface area contributed by atoms with Gasteiger partial charge in [-0.1, -0.05) is 30.3 Å². The van der Waals surface area contributed by atoms with Gasteiger partial charge in [0.05, 0.1) is 5.75 Å². The largest absolute Gasteiger partial charge is 0.313 e. The summed E-state index contributed by atoms with van der Waals surface area (Å²) in [6, 6.07) is 10.1. The topological polar surface area (TPSA) is 49.4 Å². The van der Waals surface area contributed by atoms with E-state index in [1.165, 1.54) is 0 Å². The predicted octanol–water partition coefficient (Wildman–Crippen LogP) is 2.02. The highest BCUT2D eigenvalue weighted by Crippen LogP contribution is 2.15. The van der Waals surface area contributed by atoms with Gasteiger partial charge < -0.3 is 5.32 Å². The fraction of sp³-hybridized carbons (Fsp3) is 0.625. The summed E-state index contributed by atoms with van der Waals surface area (Å²) in [6.07, 6.45) is 2.78. The number of nitrogens with one attached hydrogen (secondary N) is 1. The second-order valence-corrected chi connectivity index (χ2v) is 8.05. The lowest BCUT2D eigenvalue weighted by atomic mass is 10.2. The minimum absolute atomic E-state index is 0.00757. The number of hydrogen-bond donors (Lipinski definition) is 1. The second kappa shape index (κ2) is 7.38. The number of nitrogens with zero attached hydrogens (tertiary/aromatic N) is 1. The van der Waals surface area contributed by atoms with Crippen molar-refractivity contribution >= 4 is 10.0 Å². The number of aryl methyl sites for hydroxylation is 1. The lowest BCUT2D eigenvalue weighted by Crippen LogP contribution is -2.45. The first kappa shape index (κ1) is 16.5. The maximum absolute atomic E-state index is 12.6. The van der Waals surface area contributed by atoms with Crippen LogP contribution >= 0.6 is 0 Å². The zero-order chi connectivity index (χ0) is 15.3. The molecule has 1 aromatic carbocycles. The Morgan fingerprint density at radius 1 is 1.29 bits per heavy atom. The molecule has 118 valence electrons. The van der Waals surface area contributed by atoms with E-state index in [9.17, 15) is 8.42 Å². The van der Waals surface area contributed by atoms with Gasteiger partial charge in [0.1, 0.15) is 0 Å². The molecular formula is C16H26N2O2S. The smallest absolute Gasteiger partial charge is 0.214 e. The zero-order valence-corrected chi connectivity index (χ0v) is 13.8. The van der Waals surface area contributed by atoms with Gasteiger partial charge in [0.15, 0.2) is 0 Å². The molecule has 1 aliphatic rings. The van der Waals surface area contributed by atoms with Gasteiger partial charge in [-0.2, -0.15) is 4.31 Å². The number of benzene rings is 1. The third-order valence-electron chi connectivity index (χ3n) is 3.99. The maximum Gasteiger partial charge on any atom is 0.214 e. The van der Waals surface area contributed by atoms with Crippen LogP contribution < -0.4 is 5.32 Å². The highest BCUT2D eigenvalue weighted by atomic mass is 32.2. The van der Waals surface area contributed by atoms with E-state index in [4.69, 9.17) is 0 Å². The SMILES string of the molecule is CC(C)N(CC1CCCN1)S(=O)(=O)CCc1ccccc1. The molecule has 1 fully saturated rings. The summed E-state index contributed by atoms with van der Waals surface area (Å²) in [7, 11) is -3.21. The summed E-state index contributed by atoms with van der Waals surface area (Å²) >= 11 is 0. The molecule has 0 bridgehead atoms. The normalized spacial score (nSPS) is 19.5. The standard InChI is InChI=1S/C16H26N2O2S/c1-14(2)18(13-16-9-6-11-17-16)21(19,20)12-10-15-7-4-3-5-8-15/h3-5,7-8,14,16-17H,6,9-13H2,1-2H3. The van der Waals surface area contributed by atoms with Gasteiger partial charge in [-0.3, -0.25) is 0 Å². The first-order chi connectivity index (χ1) is 9.99. The highest BCUT2D eigenvalue weighted by molar-refractivity contribution is 7.89. The molecule has 1 heterocycles. The van der Waals surface area contributed by atoms with Crippen LogP contribution in [0.1, 0.15) is 32.3 Å². The van der Waals surface area contributed by atoms with Gasteiger partial charge in [0.25, 0.3) is 0 Å². The van der Waals surface area contributed by atoms with Gasteiger partial charge in [0, 0.05) is 18.6 Å². The van der Waals surface area contributed by atoms with E-state index >= 15 is 0 Å². The van der Waals surface area contributed by atoms with Crippen molar-refractivity contribution in [3.8, 4) is 0 Å². The molecular weight excluding hydrogens is 284 g/mol. The molecule has 0 amide bonds. The summed E-state index contributed by atoms with van der Waals surface area (Å²) in [5.41, 5.74) is 1.07. The molecule has 5 heteroatoms. The summed E-state index contributed by atoms with van der Waals surface area (Å²) < 4.78 is 26.9. The average molecular weight is 310 g/mol.